The van der Waals surface area contributed by atoms with Crippen LogP contribution in [0, 0.1) is 0 Å². The molecule has 0 amide bonds. The van der Waals surface area contributed by atoms with Gasteiger partial charge in [0.2, 0.25) is 0 Å². The summed E-state index contributed by atoms with van der Waals surface area (Å²) in [6.07, 6.45) is 5.30. The zero-order valence-corrected chi connectivity index (χ0v) is 14.6. The van der Waals surface area contributed by atoms with Gasteiger partial charge in [0.1, 0.15) is 0 Å². The van der Waals surface area contributed by atoms with Crippen LogP contribution in [0.25, 0.3) is 5.52 Å². The lowest BCUT2D eigenvalue weighted by Crippen LogP contribution is -2.19. The second-order valence-corrected chi connectivity index (χ2v) is 7.38. The van der Waals surface area contributed by atoms with E-state index in [-0.39, 0.29) is 5.56 Å². The number of rotatable bonds is 4. The molecular formula is C19H19N3O5. The van der Waals surface area contributed by atoms with Crippen molar-refractivity contribution in [1.29, 1.82) is 0 Å². The van der Waals surface area contributed by atoms with E-state index < -0.39 is 17.1 Å². The monoisotopic (exact) mass is 369 g/mol. The number of pyridine rings is 1. The van der Waals surface area contributed by atoms with E-state index in [2.05, 4.69) is 26.8 Å². The molecule has 3 aromatic rings. The van der Waals surface area contributed by atoms with Gasteiger partial charge in [0.05, 0.1) is 16.7 Å². The number of fused-ring (bicyclic) bond motifs is 1. The summed E-state index contributed by atoms with van der Waals surface area (Å²) in [6.45, 7) is 1.51. The van der Waals surface area contributed by atoms with E-state index in [1.165, 1.54) is 5.56 Å². The first kappa shape index (κ1) is 16.3. The third-order valence-corrected chi connectivity index (χ3v) is 5.82. The van der Waals surface area contributed by atoms with Crippen molar-refractivity contribution in [1.82, 2.24) is 14.5 Å². The minimum atomic E-state index is -0.988. The normalized spacial score (nSPS) is 19.4. The Bertz CT molecular complexity index is 1080. The van der Waals surface area contributed by atoms with Gasteiger partial charge in [0.25, 0.3) is 0 Å². The summed E-state index contributed by atoms with van der Waals surface area (Å²) < 4.78 is 12.0. The van der Waals surface area contributed by atoms with E-state index in [0.29, 0.717) is 30.3 Å². The summed E-state index contributed by atoms with van der Waals surface area (Å²) in [7, 11) is 0. The smallest absolute Gasteiger partial charge is 0.438 e. The van der Waals surface area contributed by atoms with E-state index in [1.807, 2.05) is 10.6 Å². The third kappa shape index (κ3) is 2.51. The molecule has 0 bridgehead atoms. The zero-order valence-electron chi connectivity index (χ0n) is 14.6. The van der Waals surface area contributed by atoms with Gasteiger partial charge >= 0.3 is 11.7 Å². The Morgan fingerprint density at radius 2 is 2.07 bits per heavy atom. The van der Waals surface area contributed by atoms with Crippen molar-refractivity contribution in [3.8, 4) is 0 Å². The Kier molecular flexibility index (Phi) is 3.51. The number of carbonyl (C=O) groups is 1. The lowest BCUT2D eigenvalue weighted by molar-refractivity contribution is 0.0695. The van der Waals surface area contributed by atoms with Gasteiger partial charge in [-0.15, -0.1) is 0 Å². The molecule has 2 N–H and O–H groups in total. The van der Waals surface area contributed by atoms with Crippen molar-refractivity contribution in [2.24, 2.45) is 0 Å². The Hall–Kier alpha value is -2.87. The molecule has 5 rings (SSSR count). The van der Waals surface area contributed by atoms with Crippen molar-refractivity contribution < 1.29 is 19.2 Å². The molecule has 0 spiro atoms. The molecule has 27 heavy (non-hydrogen) atoms. The average molecular weight is 369 g/mol. The second-order valence-electron chi connectivity index (χ2n) is 7.38. The first-order chi connectivity index (χ1) is 13.1. The van der Waals surface area contributed by atoms with Crippen LogP contribution in [0.2, 0.25) is 0 Å². The number of ether oxygens (including phenoxy) is 1. The highest BCUT2D eigenvalue weighted by Gasteiger charge is 2.53. The maximum atomic E-state index is 11.9. The number of H-pyrrole nitrogens is 1. The Morgan fingerprint density at radius 1 is 1.30 bits per heavy atom. The summed E-state index contributed by atoms with van der Waals surface area (Å²) in [6, 6.07) is 5.83. The molecule has 0 aromatic carbocycles. The minimum absolute atomic E-state index is 0.237. The first-order valence-electron chi connectivity index (χ1n) is 9.11. The van der Waals surface area contributed by atoms with E-state index >= 15 is 0 Å². The second kappa shape index (κ2) is 5.82. The highest BCUT2D eigenvalue weighted by molar-refractivity contribution is 5.92. The summed E-state index contributed by atoms with van der Waals surface area (Å²) in [5, 5.41) is 13.6. The molecule has 1 aliphatic heterocycles. The number of aromatic nitrogens is 3. The van der Waals surface area contributed by atoms with Crippen LogP contribution in [0.4, 0.5) is 0 Å². The number of nitrogens with one attached hydrogen (secondary N) is 1. The molecule has 3 aromatic heterocycles. The molecule has 0 atom stereocenters. The fourth-order valence-corrected chi connectivity index (χ4v) is 4.28. The van der Waals surface area contributed by atoms with E-state index in [9.17, 15) is 14.7 Å². The van der Waals surface area contributed by atoms with Crippen molar-refractivity contribution in [2.75, 3.05) is 13.2 Å². The number of carboxylic acids is 1. The molecule has 1 saturated heterocycles. The van der Waals surface area contributed by atoms with Crippen LogP contribution < -0.4 is 5.76 Å². The summed E-state index contributed by atoms with van der Waals surface area (Å²) in [5.74, 6) is -0.796. The Morgan fingerprint density at radius 3 is 2.70 bits per heavy atom. The maximum Gasteiger partial charge on any atom is 0.438 e. The van der Waals surface area contributed by atoms with E-state index in [1.54, 1.807) is 6.07 Å². The van der Waals surface area contributed by atoms with Crippen LogP contribution in [0.3, 0.4) is 0 Å². The molecule has 4 heterocycles. The zero-order chi connectivity index (χ0) is 18.6. The van der Waals surface area contributed by atoms with Crippen LogP contribution in [-0.4, -0.2) is 38.8 Å². The highest BCUT2D eigenvalue weighted by Crippen LogP contribution is 2.53. The SMILES string of the molecule is O=C(O)c1cc2cc(C3CCOCC3)ccn2c1C1(c2noc(=O)[nH]2)CC1. The van der Waals surface area contributed by atoms with Crippen molar-refractivity contribution in [3.63, 3.8) is 0 Å². The first-order valence-corrected chi connectivity index (χ1v) is 9.11. The standard InChI is InChI=1S/C19H19N3O5/c23-16(24)14-10-13-9-12(11-2-7-26-8-3-11)1-6-22(13)15(14)19(4-5-19)17-20-18(25)27-21-17/h1,6,9-11H,2-5,7-8H2,(H,23,24)(H,20,21,25). The van der Waals surface area contributed by atoms with Gasteiger partial charge in [-0.3, -0.25) is 9.51 Å². The molecule has 1 saturated carbocycles. The van der Waals surface area contributed by atoms with Gasteiger partial charge in [-0.05, 0) is 55.4 Å². The molecular weight excluding hydrogens is 350 g/mol. The van der Waals surface area contributed by atoms with Crippen LogP contribution in [0.5, 0.6) is 0 Å². The molecule has 1 aliphatic carbocycles. The molecule has 0 unspecified atom stereocenters. The Balaban J connectivity index is 1.66. The lowest BCUT2D eigenvalue weighted by Gasteiger charge is -2.22. The highest BCUT2D eigenvalue weighted by atomic mass is 16.5. The summed E-state index contributed by atoms with van der Waals surface area (Å²) in [4.78, 5) is 26.0. The molecule has 2 fully saturated rings. The van der Waals surface area contributed by atoms with Crippen LogP contribution >= 0.6 is 0 Å². The fourth-order valence-electron chi connectivity index (χ4n) is 4.28. The minimum Gasteiger partial charge on any atom is -0.478 e. The van der Waals surface area contributed by atoms with Gasteiger partial charge < -0.3 is 14.2 Å². The van der Waals surface area contributed by atoms with E-state index in [4.69, 9.17) is 4.74 Å². The quantitative estimate of drug-likeness (QED) is 0.730. The molecule has 2 aliphatic rings. The molecule has 0 radical (unpaired) electrons. The molecule has 140 valence electrons. The third-order valence-electron chi connectivity index (χ3n) is 5.82. The number of nitrogens with zero attached hydrogens (tertiary/aromatic N) is 2. The number of hydrogen-bond donors (Lipinski definition) is 2. The van der Waals surface area contributed by atoms with Crippen molar-refractivity contribution >= 4 is 11.5 Å². The average Bonchev–Trinajstić information content (AvgIpc) is 3.19. The summed E-state index contributed by atoms with van der Waals surface area (Å²) >= 11 is 0. The number of aromatic amines is 1. The molecule has 8 nitrogen and oxygen atoms in total. The number of aromatic carboxylic acids is 1. The van der Waals surface area contributed by atoms with Gasteiger partial charge in [0, 0.05) is 24.9 Å². The predicted molar refractivity (Wildman–Crippen MR) is 94.3 cm³/mol. The van der Waals surface area contributed by atoms with Gasteiger partial charge in [-0.25, -0.2) is 9.59 Å². The van der Waals surface area contributed by atoms with Crippen molar-refractivity contribution in [2.45, 2.75) is 37.0 Å². The lowest BCUT2D eigenvalue weighted by atomic mass is 9.92. The van der Waals surface area contributed by atoms with Gasteiger partial charge in [-0.2, -0.15) is 0 Å². The number of hydrogen-bond acceptors (Lipinski definition) is 5. The van der Waals surface area contributed by atoms with Crippen molar-refractivity contribution in [3.05, 3.63) is 57.6 Å². The summed E-state index contributed by atoms with van der Waals surface area (Å²) in [5.41, 5.74) is 2.30. The van der Waals surface area contributed by atoms with Crippen LogP contribution in [0.15, 0.2) is 33.7 Å². The maximum absolute atomic E-state index is 11.9. The van der Waals surface area contributed by atoms with Crippen LogP contribution in [-0.2, 0) is 10.2 Å². The van der Waals surface area contributed by atoms with Gasteiger partial charge in [-0.1, -0.05) is 5.16 Å². The van der Waals surface area contributed by atoms with E-state index in [0.717, 1.165) is 31.6 Å². The van der Waals surface area contributed by atoms with Gasteiger partial charge in [0.15, 0.2) is 5.82 Å². The molecule has 8 heteroatoms. The van der Waals surface area contributed by atoms with Crippen LogP contribution in [0.1, 0.15) is 59.0 Å². The fraction of sp³-hybridized carbons (Fsp3) is 0.421. The number of carboxylic acid groups (broad SMARTS) is 1. The Labute approximate surface area is 153 Å². The topological polar surface area (TPSA) is 110 Å². The largest absolute Gasteiger partial charge is 0.478 e. The predicted octanol–water partition coefficient (Wildman–Crippen LogP) is 2.29.